The van der Waals surface area contributed by atoms with Gasteiger partial charge in [0, 0.05) is 5.54 Å². The van der Waals surface area contributed by atoms with Crippen molar-refractivity contribution in [1.82, 2.24) is 0 Å². The van der Waals surface area contributed by atoms with E-state index in [4.69, 9.17) is 5.73 Å². The second kappa shape index (κ2) is 1.22. The molecular weight excluding hydrogens is 146 g/mol. The van der Waals surface area contributed by atoms with Crippen LogP contribution in [0, 0.1) is 29.1 Å². The van der Waals surface area contributed by atoms with Gasteiger partial charge in [-0.25, -0.2) is 0 Å². The van der Waals surface area contributed by atoms with E-state index in [1.54, 1.807) is 5.57 Å². The molecule has 0 spiro atoms. The average Bonchev–Trinajstić information content (AvgIpc) is 2.62. The number of hydrogen-bond acceptors (Lipinski definition) is 1. The number of rotatable bonds is 0. The van der Waals surface area contributed by atoms with E-state index in [2.05, 4.69) is 19.9 Å². The summed E-state index contributed by atoms with van der Waals surface area (Å²) in [5.41, 5.74) is 8.79. The van der Waals surface area contributed by atoms with Gasteiger partial charge in [0.1, 0.15) is 0 Å². The van der Waals surface area contributed by atoms with Crippen molar-refractivity contribution in [3.8, 4) is 0 Å². The Morgan fingerprint density at radius 2 is 2.33 bits per heavy atom. The van der Waals surface area contributed by atoms with Crippen molar-refractivity contribution in [3.63, 3.8) is 0 Å². The molecule has 0 aromatic heterocycles. The summed E-state index contributed by atoms with van der Waals surface area (Å²) in [6.45, 7) is 4.76. The van der Waals surface area contributed by atoms with Crippen LogP contribution in [0.2, 0.25) is 0 Å². The molecular formula is C11H15N. The van der Waals surface area contributed by atoms with Gasteiger partial charge in [-0.15, -0.1) is 0 Å². The molecule has 0 aromatic carbocycles. The van der Waals surface area contributed by atoms with E-state index < -0.39 is 0 Å². The molecule has 0 aromatic rings. The zero-order chi connectivity index (χ0) is 8.30. The van der Waals surface area contributed by atoms with Crippen molar-refractivity contribution in [2.45, 2.75) is 25.8 Å². The summed E-state index contributed by atoms with van der Waals surface area (Å²) < 4.78 is 0. The van der Waals surface area contributed by atoms with Crippen molar-refractivity contribution < 1.29 is 0 Å². The Balaban J connectivity index is 1.99. The fourth-order valence-corrected chi connectivity index (χ4v) is 4.63. The van der Waals surface area contributed by atoms with Crippen molar-refractivity contribution in [2.24, 2.45) is 34.8 Å². The summed E-state index contributed by atoms with van der Waals surface area (Å²) in [5, 5.41) is 0. The molecule has 6 unspecified atom stereocenters. The third kappa shape index (κ3) is 0.297. The average molecular weight is 161 g/mol. The second-order valence-electron chi connectivity index (χ2n) is 5.61. The normalized spacial score (nSPS) is 75.1. The lowest BCUT2D eigenvalue weighted by Gasteiger charge is -2.69. The van der Waals surface area contributed by atoms with E-state index in [0.717, 1.165) is 23.7 Å². The SMILES string of the molecule is CC1C2C3=CC2C2CC2(C)C31N. The summed E-state index contributed by atoms with van der Waals surface area (Å²) in [6.07, 6.45) is 3.87. The second-order valence-corrected chi connectivity index (χ2v) is 5.61. The third-order valence-corrected chi connectivity index (χ3v) is 5.59. The molecule has 4 rings (SSSR count). The summed E-state index contributed by atoms with van der Waals surface area (Å²) in [7, 11) is 0. The Bertz CT molecular complexity index is 332. The molecule has 0 saturated heterocycles. The highest BCUT2D eigenvalue weighted by Crippen LogP contribution is 2.83. The summed E-state index contributed by atoms with van der Waals surface area (Å²) in [5.74, 6) is 3.58. The molecule has 3 fully saturated rings. The van der Waals surface area contributed by atoms with Crippen LogP contribution >= 0.6 is 0 Å². The highest BCUT2D eigenvalue weighted by molar-refractivity contribution is 5.55. The van der Waals surface area contributed by atoms with Crippen LogP contribution in [0.5, 0.6) is 0 Å². The van der Waals surface area contributed by atoms with Crippen LogP contribution in [0.15, 0.2) is 11.6 Å². The van der Waals surface area contributed by atoms with Crippen LogP contribution in [0.4, 0.5) is 0 Å². The lowest BCUT2D eigenvalue weighted by atomic mass is 9.37. The predicted octanol–water partition coefficient (Wildman–Crippen LogP) is 1.55. The lowest BCUT2D eigenvalue weighted by Crippen LogP contribution is -2.75. The van der Waals surface area contributed by atoms with Crippen LogP contribution in [0.3, 0.4) is 0 Å². The van der Waals surface area contributed by atoms with Crippen molar-refractivity contribution in [2.75, 3.05) is 0 Å². The molecule has 0 amide bonds. The van der Waals surface area contributed by atoms with E-state index in [9.17, 15) is 0 Å². The fraction of sp³-hybridized carbons (Fsp3) is 0.818. The van der Waals surface area contributed by atoms with E-state index in [1.165, 1.54) is 6.42 Å². The third-order valence-electron chi connectivity index (χ3n) is 5.59. The zero-order valence-corrected chi connectivity index (χ0v) is 7.67. The van der Waals surface area contributed by atoms with E-state index >= 15 is 0 Å². The Morgan fingerprint density at radius 3 is 2.92 bits per heavy atom. The topological polar surface area (TPSA) is 26.0 Å². The summed E-state index contributed by atoms with van der Waals surface area (Å²) in [6, 6.07) is 0. The van der Waals surface area contributed by atoms with Crippen molar-refractivity contribution in [3.05, 3.63) is 11.6 Å². The number of nitrogens with two attached hydrogens (primary N) is 1. The number of allylic oxidation sites excluding steroid dienone is 1. The van der Waals surface area contributed by atoms with Crippen LogP contribution in [0.1, 0.15) is 20.3 Å². The van der Waals surface area contributed by atoms with Gasteiger partial charge in [-0.05, 0) is 41.1 Å². The maximum atomic E-state index is 6.52. The Morgan fingerprint density at radius 1 is 1.58 bits per heavy atom. The molecule has 0 heterocycles. The first-order chi connectivity index (χ1) is 5.61. The van der Waals surface area contributed by atoms with Gasteiger partial charge in [0.25, 0.3) is 0 Å². The minimum Gasteiger partial charge on any atom is -0.321 e. The molecule has 64 valence electrons. The molecule has 4 bridgehead atoms. The summed E-state index contributed by atoms with van der Waals surface area (Å²) in [4.78, 5) is 0. The maximum absolute atomic E-state index is 6.52. The first kappa shape index (κ1) is 6.20. The van der Waals surface area contributed by atoms with E-state index in [0.29, 0.717) is 5.41 Å². The standard InChI is InChI=1S/C11H15N/c1-5-9-6-3-7(9)11(5,12)10(2)4-8(6)10/h3,5-6,8-9H,4,12H2,1-2H3. The number of hydrogen-bond donors (Lipinski definition) is 1. The van der Waals surface area contributed by atoms with Gasteiger partial charge < -0.3 is 5.73 Å². The van der Waals surface area contributed by atoms with Gasteiger partial charge in [-0.1, -0.05) is 19.9 Å². The van der Waals surface area contributed by atoms with Crippen LogP contribution < -0.4 is 5.73 Å². The molecule has 1 heteroatoms. The largest absolute Gasteiger partial charge is 0.321 e. The highest BCUT2D eigenvalue weighted by Gasteiger charge is 2.82. The van der Waals surface area contributed by atoms with Gasteiger partial charge >= 0.3 is 0 Å². The number of fused-ring (bicyclic) bond motifs is 3. The molecule has 1 nitrogen and oxygen atoms in total. The van der Waals surface area contributed by atoms with Gasteiger partial charge in [-0.2, -0.15) is 0 Å². The van der Waals surface area contributed by atoms with Gasteiger partial charge in [0.15, 0.2) is 0 Å². The smallest absolute Gasteiger partial charge is 0.0461 e. The molecule has 0 radical (unpaired) electrons. The minimum atomic E-state index is 0.136. The molecule has 2 N–H and O–H groups in total. The Kier molecular flexibility index (Phi) is 0.631. The molecule has 4 aliphatic rings. The Labute approximate surface area is 73.0 Å². The van der Waals surface area contributed by atoms with Crippen LogP contribution in [-0.2, 0) is 0 Å². The first-order valence-corrected chi connectivity index (χ1v) is 5.12. The van der Waals surface area contributed by atoms with Crippen molar-refractivity contribution in [1.29, 1.82) is 0 Å². The van der Waals surface area contributed by atoms with Crippen LogP contribution in [-0.4, -0.2) is 5.54 Å². The predicted molar refractivity (Wildman–Crippen MR) is 47.4 cm³/mol. The molecule has 3 saturated carbocycles. The van der Waals surface area contributed by atoms with Gasteiger partial charge in [0.2, 0.25) is 0 Å². The fourth-order valence-electron chi connectivity index (χ4n) is 4.63. The zero-order valence-electron chi connectivity index (χ0n) is 7.67. The van der Waals surface area contributed by atoms with Gasteiger partial charge in [-0.3, -0.25) is 0 Å². The van der Waals surface area contributed by atoms with Gasteiger partial charge in [0.05, 0.1) is 0 Å². The first-order valence-electron chi connectivity index (χ1n) is 5.12. The summed E-state index contributed by atoms with van der Waals surface area (Å²) >= 11 is 0. The van der Waals surface area contributed by atoms with E-state index in [-0.39, 0.29) is 5.54 Å². The van der Waals surface area contributed by atoms with Crippen LogP contribution in [0.25, 0.3) is 0 Å². The Hall–Kier alpha value is -0.300. The van der Waals surface area contributed by atoms with Crippen molar-refractivity contribution >= 4 is 0 Å². The molecule has 0 aliphatic heterocycles. The lowest BCUT2D eigenvalue weighted by molar-refractivity contribution is -0.0382. The molecule has 6 atom stereocenters. The quantitative estimate of drug-likeness (QED) is 0.536. The maximum Gasteiger partial charge on any atom is 0.0461 e. The monoisotopic (exact) mass is 161 g/mol. The van der Waals surface area contributed by atoms with E-state index in [1.807, 2.05) is 0 Å². The highest BCUT2D eigenvalue weighted by atomic mass is 15.0. The molecule has 12 heavy (non-hydrogen) atoms. The minimum absolute atomic E-state index is 0.136. The molecule has 4 aliphatic carbocycles.